The predicted octanol–water partition coefficient (Wildman–Crippen LogP) is 2.69. The number of methoxy groups -OCH3 is 1. The fourth-order valence-corrected chi connectivity index (χ4v) is 2.93. The number of aliphatic hydroxyl groups excluding tert-OH is 1. The molecule has 0 spiro atoms. The van der Waals surface area contributed by atoms with Gasteiger partial charge < -0.3 is 14.6 Å². The van der Waals surface area contributed by atoms with E-state index in [-0.39, 0.29) is 5.54 Å². The van der Waals surface area contributed by atoms with Crippen molar-refractivity contribution in [1.29, 1.82) is 0 Å². The van der Waals surface area contributed by atoms with Gasteiger partial charge in [0.05, 0.1) is 26.4 Å². The first kappa shape index (κ1) is 17.3. The first-order valence-corrected chi connectivity index (χ1v) is 7.90. The van der Waals surface area contributed by atoms with E-state index in [9.17, 15) is 5.11 Å². The van der Waals surface area contributed by atoms with Crippen LogP contribution in [0, 0.1) is 5.41 Å². The Bertz CT molecular complexity index is 499. The molecule has 1 atom stereocenters. The lowest BCUT2D eigenvalue weighted by atomic mass is 9.65. The highest BCUT2D eigenvalue weighted by molar-refractivity contribution is 5.32. The topological polar surface area (TPSA) is 41.9 Å². The van der Waals surface area contributed by atoms with Crippen LogP contribution in [0.25, 0.3) is 0 Å². The SMILES string of the molecule is COc1ccccc1COCC(O)CN1CC(C)(C)C1(C)C. The average Bonchev–Trinajstić information content (AvgIpc) is 2.47. The quantitative estimate of drug-likeness (QED) is 0.841. The van der Waals surface area contributed by atoms with Crippen LogP contribution < -0.4 is 4.74 Å². The van der Waals surface area contributed by atoms with E-state index in [0.29, 0.717) is 25.2 Å². The van der Waals surface area contributed by atoms with Crippen LogP contribution in [0.3, 0.4) is 0 Å². The molecule has 22 heavy (non-hydrogen) atoms. The number of benzene rings is 1. The summed E-state index contributed by atoms with van der Waals surface area (Å²) in [5, 5.41) is 10.2. The lowest BCUT2D eigenvalue weighted by Gasteiger charge is -2.62. The molecule has 4 heteroatoms. The van der Waals surface area contributed by atoms with Gasteiger partial charge in [-0.2, -0.15) is 0 Å². The molecular weight excluding hydrogens is 278 g/mol. The van der Waals surface area contributed by atoms with E-state index >= 15 is 0 Å². The van der Waals surface area contributed by atoms with Crippen molar-refractivity contribution in [1.82, 2.24) is 4.90 Å². The van der Waals surface area contributed by atoms with E-state index in [2.05, 4.69) is 32.6 Å². The molecule has 1 saturated heterocycles. The number of aliphatic hydroxyl groups is 1. The van der Waals surface area contributed by atoms with E-state index < -0.39 is 6.10 Å². The molecule has 1 unspecified atom stereocenters. The lowest BCUT2D eigenvalue weighted by molar-refractivity contribution is -0.137. The van der Waals surface area contributed by atoms with Crippen LogP contribution in [-0.4, -0.2) is 48.5 Å². The third kappa shape index (κ3) is 3.45. The van der Waals surface area contributed by atoms with Gasteiger partial charge in [-0.05, 0) is 25.3 Å². The van der Waals surface area contributed by atoms with Crippen molar-refractivity contribution >= 4 is 0 Å². The summed E-state index contributed by atoms with van der Waals surface area (Å²) in [5.74, 6) is 0.822. The van der Waals surface area contributed by atoms with Crippen LogP contribution in [0.1, 0.15) is 33.3 Å². The highest BCUT2D eigenvalue weighted by atomic mass is 16.5. The van der Waals surface area contributed by atoms with E-state index in [1.165, 1.54) is 0 Å². The van der Waals surface area contributed by atoms with Gasteiger partial charge in [0.1, 0.15) is 5.75 Å². The largest absolute Gasteiger partial charge is 0.496 e. The number of nitrogens with zero attached hydrogens (tertiary/aromatic N) is 1. The Morgan fingerprint density at radius 3 is 2.50 bits per heavy atom. The van der Waals surface area contributed by atoms with Crippen molar-refractivity contribution in [3.05, 3.63) is 29.8 Å². The maximum Gasteiger partial charge on any atom is 0.124 e. The molecule has 0 aliphatic carbocycles. The number of para-hydroxylation sites is 1. The highest BCUT2D eigenvalue weighted by Gasteiger charge is 2.52. The summed E-state index contributed by atoms with van der Waals surface area (Å²) >= 11 is 0. The molecule has 0 aromatic heterocycles. The molecule has 1 heterocycles. The smallest absolute Gasteiger partial charge is 0.124 e. The standard InChI is InChI=1S/C18H29NO3/c1-17(2)13-19(18(17,3)4)10-15(20)12-22-11-14-8-6-7-9-16(14)21-5/h6-9,15,20H,10-13H2,1-5H3. The minimum absolute atomic E-state index is 0.122. The fraction of sp³-hybridized carbons (Fsp3) is 0.667. The maximum atomic E-state index is 10.2. The van der Waals surface area contributed by atoms with Gasteiger partial charge in [-0.3, -0.25) is 4.90 Å². The zero-order valence-electron chi connectivity index (χ0n) is 14.4. The van der Waals surface area contributed by atoms with Gasteiger partial charge in [0.15, 0.2) is 0 Å². The number of likely N-dealkylation sites (tertiary alicyclic amines) is 1. The Hall–Kier alpha value is -1.10. The number of rotatable bonds is 7. The van der Waals surface area contributed by atoms with E-state index in [0.717, 1.165) is 17.9 Å². The van der Waals surface area contributed by atoms with Crippen molar-refractivity contribution in [2.24, 2.45) is 5.41 Å². The average molecular weight is 307 g/mol. The van der Waals surface area contributed by atoms with Gasteiger partial charge in [-0.25, -0.2) is 0 Å². The first-order valence-electron chi connectivity index (χ1n) is 7.90. The molecule has 1 aliphatic rings. The van der Waals surface area contributed by atoms with Crippen molar-refractivity contribution in [3.8, 4) is 5.75 Å². The van der Waals surface area contributed by atoms with Crippen LogP contribution >= 0.6 is 0 Å². The molecule has 124 valence electrons. The summed E-state index contributed by atoms with van der Waals surface area (Å²) in [7, 11) is 1.65. The molecule has 0 bridgehead atoms. The molecular formula is C18H29NO3. The molecule has 0 amide bonds. The van der Waals surface area contributed by atoms with Gasteiger partial charge in [-0.15, -0.1) is 0 Å². The number of hydrogen-bond donors (Lipinski definition) is 1. The minimum Gasteiger partial charge on any atom is -0.496 e. The van der Waals surface area contributed by atoms with Gasteiger partial charge >= 0.3 is 0 Å². The summed E-state index contributed by atoms with van der Waals surface area (Å²) in [6.07, 6.45) is -0.468. The monoisotopic (exact) mass is 307 g/mol. The summed E-state index contributed by atoms with van der Waals surface area (Å²) in [5.41, 5.74) is 1.42. The molecule has 1 aromatic carbocycles. The van der Waals surface area contributed by atoms with Crippen LogP contribution in [0.4, 0.5) is 0 Å². The zero-order chi connectivity index (χ0) is 16.4. The molecule has 4 nitrogen and oxygen atoms in total. The number of ether oxygens (including phenoxy) is 2. The molecule has 1 fully saturated rings. The fourth-order valence-electron chi connectivity index (χ4n) is 2.93. The van der Waals surface area contributed by atoms with Crippen LogP contribution in [0.2, 0.25) is 0 Å². The van der Waals surface area contributed by atoms with Crippen LogP contribution in [0.15, 0.2) is 24.3 Å². The molecule has 1 N–H and O–H groups in total. The molecule has 1 aromatic rings. The van der Waals surface area contributed by atoms with Crippen LogP contribution in [-0.2, 0) is 11.3 Å². The van der Waals surface area contributed by atoms with Crippen molar-refractivity contribution in [3.63, 3.8) is 0 Å². The molecule has 2 rings (SSSR count). The third-order valence-electron chi connectivity index (χ3n) is 5.22. The van der Waals surface area contributed by atoms with E-state index in [1.807, 2.05) is 24.3 Å². The summed E-state index contributed by atoms with van der Waals surface area (Å²) < 4.78 is 11.0. The minimum atomic E-state index is -0.468. The summed E-state index contributed by atoms with van der Waals surface area (Å²) in [6.45, 7) is 11.5. The Morgan fingerprint density at radius 1 is 1.23 bits per heavy atom. The van der Waals surface area contributed by atoms with Gasteiger partial charge in [0.25, 0.3) is 0 Å². The van der Waals surface area contributed by atoms with Gasteiger partial charge in [0.2, 0.25) is 0 Å². The zero-order valence-corrected chi connectivity index (χ0v) is 14.4. The van der Waals surface area contributed by atoms with E-state index in [1.54, 1.807) is 7.11 Å². The summed E-state index contributed by atoms with van der Waals surface area (Å²) in [6, 6.07) is 7.79. The third-order valence-corrected chi connectivity index (χ3v) is 5.22. The molecule has 0 saturated carbocycles. The molecule has 1 aliphatic heterocycles. The van der Waals surface area contributed by atoms with E-state index in [4.69, 9.17) is 9.47 Å². The Balaban J connectivity index is 1.76. The summed E-state index contributed by atoms with van der Waals surface area (Å²) in [4.78, 5) is 2.32. The second-order valence-electron chi connectivity index (χ2n) is 7.30. The second-order valence-corrected chi connectivity index (χ2v) is 7.30. The van der Waals surface area contributed by atoms with Gasteiger partial charge in [-0.1, -0.05) is 32.0 Å². The van der Waals surface area contributed by atoms with Crippen molar-refractivity contribution in [2.45, 2.75) is 45.9 Å². The van der Waals surface area contributed by atoms with Crippen molar-refractivity contribution in [2.75, 3.05) is 26.8 Å². The lowest BCUT2D eigenvalue weighted by Crippen LogP contribution is -2.70. The number of hydrogen-bond acceptors (Lipinski definition) is 4. The Labute approximate surface area is 134 Å². The predicted molar refractivity (Wildman–Crippen MR) is 88.1 cm³/mol. The second kappa shape index (κ2) is 6.57. The van der Waals surface area contributed by atoms with Crippen molar-refractivity contribution < 1.29 is 14.6 Å². The Kier molecular flexibility index (Phi) is 5.15. The van der Waals surface area contributed by atoms with Gasteiger partial charge in [0, 0.05) is 24.2 Å². The van der Waals surface area contributed by atoms with Crippen LogP contribution in [0.5, 0.6) is 5.75 Å². The normalized spacial score (nSPS) is 21.2. The molecule has 0 radical (unpaired) electrons. The Morgan fingerprint density at radius 2 is 1.91 bits per heavy atom. The first-order chi connectivity index (χ1) is 10.3. The number of β-amino-alcohol motifs (C(OH)–C–C–N with tert-alkyl or cyclic N) is 1. The highest BCUT2D eigenvalue weighted by Crippen LogP contribution is 2.46. The maximum absolute atomic E-state index is 10.2.